The highest BCUT2D eigenvalue weighted by Crippen LogP contribution is 2.22. The van der Waals surface area contributed by atoms with Crippen LogP contribution in [0.3, 0.4) is 0 Å². The average Bonchev–Trinajstić information content (AvgIpc) is 2.97. The fourth-order valence-electron chi connectivity index (χ4n) is 1.68. The second-order valence-corrected chi connectivity index (χ2v) is 5.76. The predicted molar refractivity (Wildman–Crippen MR) is 79.7 cm³/mol. The number of aromatic amines is 1. The summed E-state index contributed by atoms with van der Waals surface area (Å²) in [7, 11) is 1.80. The van der Waals surface area contributed by atoms with Crippen molar-refractivity contribution in [1.29, 1.82) is 0 Å². The maximum Gasteiger partial charge on any atom is 0.233 e. The highest BCUT2D eigenvalue weighted by atomic mass is 35.5. The first-order chi connectivity index (χ1) is 9.58. The second-order valence-electron chi connectivity index (χ2n) is 4.33. The van der Waals surface area contributed by atoms with Gasteiger partial charge >= 0.3 is 0 Å². The van der Waals surface area contributed by atoms with Crippen LogP contribution in [-0.4, -0.2) is 39.0 Å². The Morgan fingerprint density at radius 1 is 1.45 bits per heavy atom. The molecule has 0 aliphatic rings. The zero-order valence-electron chi connectivity index (χ0n) is 11.2. The third kappa shape index (κ3) is 3.74. The van der Waals surface area contributed by atoms with Gasteiger partial charge in [0, 0.05) is 12.1 Å². The molecular weight excluding hydrogens is 296 g/mol. The summed E-state index contributed by atoms with van der Waals surface area (Å²) in [6.45, 7) is 1.99. The van der Waals surface area contributed by atoms with E-state index in [1.54, 1.807) is 18.1 Å². The molecule has 1 aromatic carbocycles. The summed E-state index contributed by atoms with van der Waals surface area (Å²) in [6, 6.07) is 7.52. The number of H-pyrrole nitrogens is 1. The molecule has 7 heteroatoms. The Labute approximate surface area is 126 Å². The molecule has 0 fully saturated rings. The summed E-state index contributed by atoms with van der Waals surface area (Å²) in [5.74, 6) is 0.376. The Kier molecular flexibility index (Phi) is 5.03. The Balaban J connectivity index is 1.93. The van der Waals surface area contributed by atoms with Crippen molar-refractivity contribution in [1.82, 2.24) is 20.3 Å². The van der Waals surface area contributed by atoms with Gasteiger partial charge in [-0.2, -0.15) is 10.3 Å². The van der Waals surface area contributed by atoms with Crippen molar-refractivity contribution in [3.05, 3.63) is 41.0 Å². The molecule has 1 heterocycles. The molecule has 2 aromatic rings. The van der Waals surface area contributed by atoms with Crippen molar-refractivity contribution >= 4 is 29.3 Å². The zero-order chi connectivity index (χ0) is 14.5. The van der Waals surface area contributed by atoms with Gasteiger partial charge in [-0.1, -0.05) is 35.5 Å². The number of halogens is 1. The third-order valence-corrected chi connectivity index (χ3v) is 4.20. The molecule has 20 heavy (non-hydrogen) atoms. The Morgan fingerprint density at radius 3 is 2.75 bits per heavy atom. The van der Waals surface area contributed by atoms with Crippen LogP contribution in [0.25, 0.3) is 0 Å². The number of aromatic nitrogens is 3. The van der Waals surface area contributed by atoms with Crippen LogP contribution in [0.4, 0.5) is 0 Å². The van der Waals surface area contributed by atoms with Gasteiger partial charge in [-0.15, -0.1) is 5.10 Å². The number of nitrogens with zero attached hydrogens (tertiary/aromatic N) is 3. The van der Waals surface area contributed by atoms with E-state index in [4.69, 9.17) is 11.6 Å². The van der Waals surface area contributed by atoms with Gasteiger partial charge < -0.3 is 4.90 Å². The topological polar surface area (TPSA) is 61.9 Å². The fraction of sp³-hybridized carbons (Fsp3) is 0.308. The summed E-state index contributed by atoms with van der Waals surface area (Å²) in [5.41, 5.74) is 1.05. The lowest BCUT2D eigenvalue weighted by atomic mass is 10.1. The molecule has 0 unspecified atom stereocenters. The molecule has 1 N–H and O–H groups in total. The minimum absolute atomic E-state index is 0.00215. The standard InChI is InChI=1S/C13H15ClN4OS/c1-9(10-3-5-11(14)6-4-10)18(2)13(19)8-20-12-7-15-17-16-12/h3-7,9H,8H2,1-2H3,(H,15,16,17)/t9-/m0/s1. The highest BCUT2D eigenvalue weighted by Gasteiger charge is 2.17. The van der Waals surface area contributed by atoms with E-state index >= 15 is 0 Å². The minimum atomic E-state index is -0.00215. The van der Waals surface area contributed by atoms with Gasteiger partial charge in [0.2, 0.25) is 5.91 Å². The van der Waals surface area contributed by atoms with Crippen molar-refractivity contribution < 1.29 is 4.79 Å². The first-order valence-corrected chi connectivity index (χ1v) is 7.44. The maximum atomic E-state index is 12.1. The zero-order valence-corrected chi connectivity index (χ0v) is 12.8. The number of carbonyl (C=O) groups is 1. The molecular formula is C13H15ClN4OS. The number of carbonyl (C=O) groups excluding carboxylic acids is 1. The van der Waals surface area contributed by atoms with Gasteiger partial charge in [0.1, 0.15) is 5.03 Å². The highest BCUT2D eigenvalue weighted by molar-refractivity contribution is 7.99. The number of rotatable bonds is 5. The average molecular weight is 311 g/mol. The number of benzene rings is 1. The molecule has 2 rings (SSSR count). The van der Waals surface area contributed by atoms with E-state index in [9.17, 15) is 4.79 Å². The Morgan fingerprint density at radius 2 is 2.15 bits per heavy atom. The van der Waals surface area contributed by atoms with Crippen LogP contribution < -0.4 is 0 Å². The van der Waals surface area contributed by atoms with E-state index < -0.39 is 0 Å². The minimum Gasteiger partial charge on any atom is -0.338 e. The van der Waals surface area contributed by atoms with E-state index in [2.05, 4.69) is 15.4 Å². The van der Waals surface area contributed by atoms with Crippen molar-refractivity contribution in [2.75, 3.05) is 12.8 Å². The molecule has 1 aromatic heterocycles. The van der Waals surface area contributed by atoms with Crippen LogP contribution in [0.5, 0.6) is 0 Å². The summed E-state index contributed by atoms with van der Waals surface area (Å²) in [5, 5.41) is 11.5. The maximum absolute atomic E-state index is 12.1. The quantitative estimate of drug-likeness (QED) is 0.863. The van der Waals surface area contributed by atoms with Gasteiger partial charge in [-0.25, -0.2) is 0 Å². The smallest absolute Gasteiger partial charge is 0.233 e. The van der Waals surface area contributed by atoms with Gasteiger partial charge in [0.25, 0.3) is 0 Å². The molecule has 0 radical (unpaired) electrons. The summed E-state index contributed by atoms with van der Waals surface area (Å²) in [4.78, 5) is 13.9. The summed E-state index contributed by atoms with van der Waals surface area (Å²) in [6.07, 6.45) is 1.60. The van der Waals surface area contributed by atoms with Crippen LogP contribution in [0.1, 0.15) is 18.5 Å². The summed E-state index contributed by atoms with van der Waals surface area (Å²) >= 11 is 7.23. The van der Waals surface area contributed by atoms with Gasteiger partial charge in [0.15, 0.2) is 0 Å². The Bertz CT molecular complexity index is 558. The number of nitrogens with one attached hydrogen (secondary N) is 1. The summed E-state index contributed by atoms with van der Waals surface area (Å²) < 4.78 is 0. The van der Waals surface area contributed by atoms with E-state index in [-0.39, 0.29) is 11.9 Å². The second kappa shape index (κ2) is 6.76. The third-order valence-electron chi connectivity index (χ3n) is 3.06. The molecule has 5 nitrogen and oxygen atoms in total. The van der Waals surface area contributed by atoms with Crippen LogP contribution in [0.2, 0.25) is 5.02 Å². The van der Waals surface area contributed by atoms with E-state index in [1.807, 2.05) is 31.2 Å². The monoisotopic (exact) mass is 310 g/mol. The van der Waals surface area contributed by atoms with Crippen LogP contribution in [-0.2, 0) is 4.79 Å². The van der Waals surface area contributed by atoms with E-state index in [0.29, 0.717) is 15.8 Å². The number of hydrogen-bond acceptors (Lipinski definition) is 4. The van der Waals surface area contributed by atoms with Crippen molar-refractivity contribution in [3.8, 4) is 0 Å². The first-order valence-electron chi connectivity index (χ1n) is 6.07. The molecule has 0 bridgehead atoms. The predicted octanol–water partition coefficient (Wildman–Crippen LogP) is 2.77. The molecule has 0 spiro atoms. The lowest BCUT2D eigenvalue weighted by Gasteiger charge is -2.25. The van der Waals surface area contributed by atoms with Crippen molar-refractivity contribution in [2.24, 2.45) is 0 Å². The molecule has 0 saturated carbocycles. The molecule has 1 amide bonds. The fourth-order valence-corrected chi connectivity index (χ4v) is 2.51. The van der Waals surface area contributed by atoms with Gasteiger partial charge in [0.05, 0.1) is 18.0 Å². The normalized spacial score (nSPS) is 12.2. The number of thioether (sulfide) groups is 1. The molecule has 0 saturated heterocycles. The van der Waals surface area contributed by atoms with E-state index in [1.165, 1.54) is 11.8 Å². The first kappa shape index (κ1) is 14.9. The van der Waals surface area contributed by atoms with Crippen molar-refractivity contribution in [3.63, 3.8) is 0 Å². The largest absolute Gasteiger partial charge is 0.338 e. The molecule has 0 aliphatic carbocycles. The lowest BCUT2D eigenvalue weighted by molar-refractivity contribution is -0.128. The Hall–Kier alpha value is -1.53. The number of hydrogen-bond donors (Lipinski definition) is 1. The SMILES string of the molecule is C[C@@H](c1ccc(Cl)cc1)N(C)C(=O)CSc1cn[nH]n1. The van der Waals surface area contributed by atoms with Crippen LogP contribution in [0, 0.1) is 0 Å². The van der Waals surface area contributed by atoms with Gasteiger partial charge in [-0.3, -0.25) is 4.79 Å². The molecule has 106 valence electrons. The lowest BCUT2D eigenvalue weighted by Crippen LogP contribution is -2.31. The van der Waals surface area contributed by atoms with Crippen LogP contribution >= 0.6 is 23.4 Å². The number of amides is 1. The molecule has 1 atom stereocenters. The van der Waals surface area contributed by atoms with E-state index in [0.717, 1.165) is 5.56 Å². The van der Waals surface area contributed by atoms with Crippen LogP contribution in [0.15, 0.2) is 35.5 Å². The van der Waals surface area contributed by atoms with Crippen molar-refractivity contribution in [2.45, 2.75) is 18.0 Å². The molecule has 0 aliphatic heterocycles. The van der Waals surface area contributed by atoms with Gasteiger partial charge in [-0.05, 0) is 24.6 Å².